The van der Waals surface area contributed by atoms with E-state index in [2.05, 4.69) is 0 Å². The van der Waals surface area contributed by atoms with Gasteiger partial charge in [-0.3, -0.25) is 0 Å². The highest BCUT2D eigenvalue weighted by Gasteiger charge is 2.17. The van der Waals surface area contributed by atoms with Gasteiger partial charge in [-0.2, -0.15) is 0 Å². The van der Waals surface area contributed by atoms with Crippen molar-refractivity contribution in [3.8, 4) is 0 Å². The van der Waals surface area contributed by atoms with Gasteiger partial charge in [-0.1, -0.05) is 0 Å². The van der Waals surface area contributed by atoms with Gasteiger partial charge < -0.3 is 15.2 Å². The highest BCUT2D eigenvalue weighted by atomic mass is 19.1. The lowest BCUT2D eigenvalue weighted by Crippen LogP contribution is -2.22. The molecule has 18 heavy (non-hydrogen) atoms. The quantitative estimate of drug-likeness (QED) is 0.661. The highest BCUT2D eigenvalue weighted by Crippen LogP contribution is 2.17. The Bertz CT molecular complexity index is 430. The van der Waals surface area contributed by atoms with E-state index in [1.54, 1.807) is 0 Å². The molecule has 1 heterocycles. The fourth-order valence-electron chi connectivity index (χ4n) is 1.84. The van der Waals surface area contributed by atoms with E-state index in [-0.39, 0.29) is 11.3 Å². The van der Waals surface area contributed by atoms with Gasteiger partial charge in [0.15, 0.2) is 0 Å². The highest BCUT2D eigenvalue weighted by molar-refractivity contribution is 5.89. The second kappa shape index (κ2) is 5.82. The van der Waals surface area contributed by atoms with Crippen molar-refractivity contribution in [2.24, 2.45) is 5.92 Å². The van der Waals surface area contributed by atoms with E-state index in [0.29, 0.717) is 25.7 Å². The summed E-state index contributed by atoms with van der Waals surface area (Å²) in [6, 6.07) is 3.92. The molecule has 98 valence electrons. The molecular formula is C13H16FNO3. The van der Waals surface area contributed by atoms with Crippen LogP contribution in [0.4, 0.5) is 10.1 Å². The van der Waals surface area contributed by atoms with Crippen molar-refractivity contribution in [2.75, 3.05) is 25.6 Å². The number of benzene rings is 1. The summed E-state index contributed by atoms with van der Waals surface area (Å²) in [5.74, 6) is -0.780. The number of halogens is 1. The Hall–Kier alpha value is -1.62. The van der Waals surface area contributed by atoms with E-state index < -0.39 is 11.8 Å². The molecule has 1 fully saturated rings. The van der Waals surface area contributed by atoms with Crippen LogP contribution in [-0.4, -0.2) is 25.8 Å². The van der Waals surface area contributed by atoms with Gasteiger partial charge >= 0.3 is 5.97 Å². The molecule has 0 bridgehead atoms. The van der Waals surface area contributed by atoms with Gasteiger partial charge in [-0.15, -0.1) is 0 Å². The van der Waals surface area contributed by atoms with E-state index >= 15 is 0 Å². The molecule has 2 rings (SSSR count). The lowest BCUT2D eigenvalue weighted by molar-refractivity contribution is 0.0185. The lowest BCUT2D eigenvalue weighted by atomic mass is 10.0. The number of nitrogen functional groups attached to an aromatic ring is 1. The first-order valence-electron chi connectivity index (χ1n) is 5.96. The summed E-state index contributed by atoms with van der Waals surface area (Å²) in [6.45, 7) is 1.77. The van der Waals surface area contributed by atoms with Crippen molar-refractivity contribution in [3.63, 3.8) is 0 Å². The van der Waals surface area contributed by atoms with Crippen molar-refractivity contribution in [1.82, 2.24) is 0 Å². The van der Waals surface area contributed by atoms with Crippen LogP contribution in [0.15, 0.2) is 18.2 Å². The molecular weight excluding hydrogens is 237 g/mol. The Balaban J connectivity index is 1.88. The first-order valence-corrected chi connectivity index (χ1v) is 5.96. The largest absolute Gasteiger partial charge is 0.462 e. The third-order valence-corrected chi connectivity index (χ3v) is 3.03. The molecule has 4 nitrogen and oxygen atoms in total. The number of hydrogen-bond donors (Lipinski definition) is 1. The molecule has 1 aliphatic heterocycles. The minimum Gasteiger partial charge on any atom is -0.462 e. The van der Waals surface area contributed by atoms with Crippen LogP contribution in [0.5, 0.6) is 0 Å². The summed E-state index contributed by atoms with van der Waals surface area (Å²) >= 11 is 0. The molecule has 0 aromatic heterocycles. The summed E-state index contributed by atoms with van der Waals surface area (Å²) in [5, 5.41) is 0. The fraction of sp³-hybridized carbons (Fsp3) is 0.462. The second-order valence-electron chi connectivity index (χ2n) is 4.39. The van der Waals surface area contributed by atoms with Gasteiger partial charge in [0.2, 0.25) is 0 Å². The summed E-state index contributed by atoms with van der Waals surface area (Å²) < 4.78 is 23.6. The zero-order valence-electron chi connectivity index (χ0n) is 10.0. The van der Waals surface area contributed by atoms with Gasteiger partial charge in [0.1, 0.15) is 5.82 Å². The normalized spacial score (nSPS) is 16.5. The number of carbonyl (C=O) groups excluding carboxylic acids is 1. The lowest BCUT2D eigenvalue weighted by Gasteiger charge is -2.21. The summed E-state index contributed by atoms with van der Waals surface area (Å²) in [7, 11) is 0. The number of hydrogen-bond acceptors (Lipinski definition) is 4. The Morgan fingerprint density at radius 1 is 1.44 bits per heavy atom. The smallest absolute Gasteiger partial charge is 0.338 e. The van der Waals surface area contributed by atoms with Crippen molar-refractivity contribution in [2.45, 2.75) is 12.8 Å². The fourth-order valence-corrected chi connectivity index (χ4v) is 1.84. The Labute approximate surface area is 105 Å². The van der Waals surface area contributed by atoms with E-state index in [1.807, 2.05) is 0 Å². The molecule has 0 unspecified atom stereocenters. The zero-order chi connectivity index (χ0) is 13.0. The van der Waals surface area contributed by atoms with Crippen molar-refractivity contribution in [1.29, 1.82) is 0 Å². The van der Waals surface area contributed by atoms with Gasteiger partial charge in [-0.05, 0) is 37.0 Å². The predicted molar refractivity (Wildman–Crippen MR) is 64.6 cm³/mol. The third kappa shape index (κ3) is 3.20. The van der Waals surface area contributed by atoms with E-state index in [0.717, 1.165) is 18.9 Å². The van der Waals surface area contributed by atoms with Crippen molar-refractivity contribution in [3.05, 3.63) is 29.6 Å². The second-order valence-corrected chi connectivity index (χ2v) is 4.39. The Kier molecular flexibility index (Phi) is 4.15. The van der Waals surface area contributed by atoms with Crippen LogP contribution in [-0.2, 0) is 9.47 Å². The van der Waals surface area contributed by atoms with Crippen LogP contribution < -0.4 is 5.73 Å². The van der Waals surface area contributed by atoms with E-state index in [4.69, 9.17) is 15.2 Å². The van der Waals surface area contributed by atoms with Crippen molar-refractivity contribution >= 4 is 11.7 Å². The maximum atomic E-state index is 13.2. The minimum atomic E-state index is -0.601. The molecule has 2 N–H and O–H groups in total. The molecule has 0 saturated carbocycles. The molecule has 1 aromatic carbocycles. The maximum absolute atomic E-state index is 13.2. The molecule has 0 atom stereocenters. The molecule has 1 aliphatic rings. The van der Waals surface area contributed by atoms with Crippen LogP contribution in [0.1, 0.15) is 23.2 Å². The number of esters is 1. The molecule has 5 heteroatoms. The first kappa shape index (κ1) is 12.8. The molecule has 0 radical (unpaired) electrons. The Morgan fingerprint density at radius 3 is 2.83 bits per heavy atom. The summed E-state index contributed by atoms with van der Waals surface area (Å²) in [6.07, 6.45) is 1.78. The third-order valence-electron chi connectivity index (χ3n) is 3.03. The van der Waals surface area contributed by atoms with Gasteiger partial charge in [-0.25, -0.2) is 9.18 Å². The van der Waals surface area contributed by atoms with Gasteiger partial charge in [0.05, 0.1) is 17.9 Å². The minimum absolute atomic E-state index is 0.0241. The average molecular weight is 253 g/mol. The number of anilines is 1. The molecule has 0 spiro atoms. The van der Waals surface area contributed by atoms with Crippen molar-refractivity contribution < 1.29 is 18.7 Å². The van der Waals surface area contributed by atoms with Crippen LogP contribution in [0.25, 0.3) is 0 Å². The molecule has 0 amide bonds. The predicted octanol–water partition coefficient (Wildman–Crippen LogP) is 1.99. The number of carbonyl (C=O) groups is 1. The average Bonchev–Trinajstić information content (AvgIpc) is 2.40. The Morgan fingerprint density at radius 2 is 2.17 bits per heavy atom. The van der Waals surface area contributed by atoms with Crippen LogP contribution in [0, 0.1) is 11.7 Å². The van der Waals surface area contributed by atoms with E-state index in [9.17, 15) is 9.18 Å². The summed E-state index contributed by atoms with van der Waals surface area (Å²) in [4.78, 5) is 11.7. The maximum Gasteiger partial charge on any atom is 0.338 e. The summed E-state index contributed by atoms with van der Waals surface area (Å²) in [5.41, 5.74) is 5.55. The van der Waals surface area contributed by atoms with E-state index in [1.165, 1.54) is 12.1 Å². The van der Waals surface area contributed by atoms with Crippen LogP contribution >= 0.6 is 0 Å². The zero-order valence-corrected chi connectivity index (χ0v) is 10.0. The SMILES string of the molecule is Nc1ccc(C(=O)OCC2CCOCC2)cc1F. The van der Waals surface area contributed by atoms with Gasteiger partial charge in [0.25, 0.3) is 0 Å². The molecule has 1 saturated heterocycles. The molecule has 1 aromatic rings. The van der Waals surface area contributed by atoms with Gasteiger partial charge in [0, 0.05) is 13.2 Å². The van der Waals surface area contributed by atoms with Crippen LogP contribution in [0.3, 0.4) is 0 Å². The molecule has 0 aliphatic carbocycles. The number of nitrogens with two attached hydrogens (primary N) is 1. The number of ether oxygens (including phenoxy) is 2. The first-order chi connectivity index (χ1) is 8.66. The van der Waals surface area contributed by atoms with Crippen LogP contribution in [0.2, 0.25) is 0 Å². The monoisotopic (exact) mass is 253 g/mol. The topological polar surface area (TPSA) is 61.6 Å². The standard InChI is InChI=1S/C13H16FNO3/c14-11-7-10(1-2-12(11)15)13(16)18-8-9-3-5-17-6-4-9/h1-2,7,9H,3-6,8,15H2. The number of rotatable bonds is 3.